The molecule has 0 aromatic heterocycles. The Balaban J connectivity index is 1.87. The van der Waals surface area contributed by atoms with Crippen molar-refractivity contribution in [2.45, 2.75) is 50.1 Å². The zero-order valence-electron chi connectivity index (χ0n) is 9.13. The minimum Gasteiger partial charge on any atom is -0.381 e. The van der Waals surface area contributed by atoms with E-state index in [0.29, 0.717) is 32.1 Å². The molecule has 1 heterocycles. The van der Waals surface area contributed by atoms with Crippen LogP contribution in [0.15, 0.2) is 0 Å². The van der Waals surface area contributed by atoms with Crippen LogP contribution >= 0.6 is 0 Å². The molecule has 0 bridgehead atoms. The number of amides is 1. The van der Waals surface area contributed by atoms with Crippen LogP contribution in [0.25, 0.3) is 0 Å². The zero-order chi connectivity index (χ0) is 10.7. The maximum Gasteiger partial charge on any atom is 0.240 e. The van der Waals surface area contributed by atoms with Gasteiger partial charge in [-0.25, -0.2) is 0 Å². The average molecular weight is 212 g/mol. The molecule has 2 fully saturated rings. The lowest BCUT2D eigenvalue weighted by molar-refractivity contribution is -0.130. The number of rotatable bonds is 2. The number of nitrogens with two attached hydrogens (primary N) is 1. The van der Waals surface area contributed by atoms with Crippen molar-refractivity contribution in [3.05, 3.63) is 0 Å². The van der Waals surface area contributed by atoms with Crippen molar-refractivity contribution in [1.82, 2.24) is 5.32 Å². The Morgan fingerprint density at radius 2 is 1.87 bits per heavy atom. The lowest BCUT2D eigenvalue weighted by atomic mass is 9.90. The summed E-state index contributed by atoms with van der Waals surface area (Å²) in [4.78, 5) is 12.0. The molecule has 3 N–H and O–H groups in total. The van der Waals surface area contributed by atoms with Gasteiger partial charge in [0, 0.05) is 19.3 Å². The molecule has 86 valence electrons. The zero-order valence-corrected chi connectivity index (χ0v) is 9.13. The Hall–Kier alpha value is -0.610. The summed E-state index contributed by atoms with van der Waals surface area (Å²) in [6, 6.07) is 0.362. The summed E-state index contributed by atoms with van der Waals surface area (Å²) in [7, 11) is 0. The number of carbonyl (C=O) groups is 1. The van der Waals surface area contributed by atoms with Gasteiger partial charge in [-0.1, -0.05) is 12.8 Å². The van der Waals surface area contributed by atoms with Gasteiger partial charge in [0.25, 0.3) is 0 Å². The average Bonchev–Trinajstić information content (AvgIpc) is 2.71. The van der Waals surface area contributed by atoms with Gasteiger partial charge >= 0.3 is 0 Å². The predicted molar refractivity (Wildman–Crippen MR) is 57.4 cm³/mol. The summed E-state index contributed by atoms with van der Waals surface area (Å²) in [6.07, 6.45) is 5.96. The number of nitrogens with one attached hydrogen (secondary N) is 1. The molecular weight excluding hydrogens is 192 g/mol. The number of carbonyl (C=O) groups excluding carboxylic acids is 1. The molecule has 0 spiro atoms. The molecule has 1 saturated carbocycles. The molecule has 15 heavy (non-hydrogen) atoms. The molecule has 2 rings (SSSR count). The van der Waals surface area contributed by atoms with E-state index >= 15 is 0 Å². The van der Waals surface area contributed by atoms with E-state index in [-0.39, 0.29) is 5.91 Å². The second-order valence-corrected chi connectivity index (χ2v) is 4.72. The van der Waals surface area contributed by atoms with E-state index in [1.165, 1.54) is 12.8 Å². The second-order valence-electron chi connectivity index (χ2n) is 4.72. The number of hydrogen-bond acceptors (Lipinski definition) is 3. The first-order chi connectivity index (χ1) is 7.21. The van der Waals surface area contributed by atoms with Crippen LogP contribution in [-0.4, -0.2) is 30.7 Å². The second kappa shape index (κ2) is 4.49. The van der Waals surface area contributed by atoms with E-state index in [9.17, 15) is 4.79 Å². The van der Waals surface area contributed by atoms with E-state index < -0.39 is 5.54 Å². The fourth-order valence-corrected chi connectivity index (χ4v) is 2.36. The summed E-state index contributed by atoms with van der Waals surface area (Å²) in [6.45, 7) is 1.21. The van der Waals surface area contributed by atoms with Crippen LogP contribution in [-0.2, 0) is 9.53 Å². The molecule has 0 aromatic rings. The van der Waals surface area contributed by atoms with Gasteiger partial charge in [-0.3, -0.25) is 4.79 Å². The Bertz CT molecular complexity index is 231. The lowest BCUT2D eigenvalue weighted by Crippen LogP contribution is -2.58. The fourth-order valence-electron chi connectivity index (χ4n) is 2.36. The summed E-state index contributed by atoms with van der Waals surface area (Å²) in [5.74, 6) is 0.0256. The standard InChI is InChI=1S/C11H20N2O2/c12-11(5-7-15-8-6-11)10(14)13-9-3-1-2-4-9/h9H,1-8,12H2,(H,13,14). The Morgan fingerprint density at radius 1 is 1.27 bits per heavy atom. The highest BCUT2D eigenvalue weighted by atomic mass is 16.5. The van der Waals surface area contributed by atoms with Crippen molar-refractivity contribution < 1.29 is 9.53 Å². The van der Waals surface area contributed by atoms with Crippen molar-refractivity contribution in [1.29, 1.82) is 0 Å². The van der Waals surface area contributed by atoms with Crippen molar-refractivity contribution in [3.8, 4) is 0 Å². The van der Waals surface area contributed by atoms with E-state index in [4.69, 9.17) is 10.5 Å². The van der Waals surface area contributed by atoms with Crippen molar-refractivity contribution in [2.24, 2.45) is 5.73 Å². The molecule has 4 nitrogen and oxygen atoms in total. The maximum atomic E-state index is 12.0. The molecule has 0 unspecified atom stereocenters. The normalized spacial score (nSPS) is 26.5. The molecular formula is C11H20N2O2. The van der Waals surface area contributed by atoms with Crippen molar-refractivity contribution >= 4 is 5.91 Å². The summed E-state index contributed by atoms with van der Waals surface area (Å²) in [5.41, 5.74) is 5.41. The van der Waals surface area contributed by atoms with E-state index in [2.05, 4.69) is 5.32 Å². The van der Waals surface area contributed by atoms with Crippen molar-refractivity contribution in [3.63, 3.8) is 0 Å². The number of ether oxygens (including phenoxy) is 1. The summed E-state index contributed by atoms with van der Waals surface area (Å²) in [5, 5.41) is 3.07. The van der Waals surface area contributed by atoms with Crippen LogP contribution in [0.2, 0.25) is 0 Å². The van der Waals surface area contributed by atoms with E-state index in [1.54, 1.807) is 0 Å². The predicted octanol–water partition coefficient (Wildman–Crippen LogP) is 0.553. The largest absolute Gasteiger partial charge is 0.381 e. The molecule has 0 radical (unpaired) electrons. The first-order valence-corrected chi connectivity index (χ1v) is 5.88. The summed E-state index contributed by atoms with van der Waals surface area (Å²) < 4.78 is 5.23. The highest BCUT2D eigenvalue weighted by Gasteiger charge is 2.36. The molecule has 1 amide bonds. The minimum atomic E-state index is -0.680. The van der Waals surface area contributed by atoms with Crippen LogP contribution in [0.5, 0.6) is 0 Å². The molecule has 0 atom stereocenters. The number of hydrogen-bond donors (Lipinski definition) is 2. The molecule has 1 aliphatic carbocycles. The van der Waals surface area contributed by atoms with Crippen LogP contribution in [0.1, 0.15) is 38.5 Å². The smallest absolute Gasteiger partial charge is 0.240 e. The Labute approximate surface area is 90.5 Å². The van der Waals surface area contributed by atoms with Crippen LogP contribution in [0.3, 0.4) is 0 Å². The quantitative estimate of drug-likeness (QED) is 0.702. The topological polar surface area (TPSA) is 64.4 Å². The van der Waals surface area contributed by atoms with Gasteiger partial charge < -0.3 is 15.8 Å². The van der Waals surface area contributed by atoms with E-state index in [0.717, 1.165) is 12.8 Å². The van der Waals surface area contributed by atoms with Gasteiger partial charge in [-0.15, -0.1) is 0 Å². The van der Waals surface area contributed by atoms with Gasteiger partial charge in [0.15, 0.2) is 0 Å². The third-order valence-corrected chi connectivity index (χ3v) is 3.53. The third-order valence-electron chi connectivity index (χ3n) is 3.53. The Kier molecular flexibility index (Phi) is 3.26. The van der Waals surface area contributed by atoms with Gasteiger partial charge in [0.2, 0.25) is 5.91 Å². The van der Waals surface area contributed by atoms with Gasteiger partial charge in [0.05, 0.1) is 5.54 Å². The lowest BCUT2D eigenvalue weighted by Gasteiger charge is -2.32. The highest BCUT2D eigenvalue weighted by molar-refractivity contribution is 5.86. The van der Waals surface area contributed by atoms with Crippen LogP contribution in [0.4, 0.5) is 0 Å². The van der Waals surface area contributed by atoms with E-state index in [1.807, 2.05) is 0 Å². The highest BCUT2D eigenvalue weighted by Crippen LogP contribution is 2.21. The van der Waals surface area contributed by atoms with Gasteiger partial charge in [0.1, 0.15) is 0 Å². The molecule has 1 saturated heterocycles. The minimum absolute atomic E-state index is 0.0256. The van der Waals surface area contributed by atoms with Crippen LogP contribution < -0.4 is 11.1 Å². The molecule has 0 aromatic carbocycles. The van der Waals surface area contributed by atoms with Gasteiger partial charge in [-0.05, 0) is 25.7 Å². The summed E-state index contributed by atoms with van der Waals surface area (Å²) >= 11 is 0. The Morgan fingerprint density at radius 3 is 2.47 bits per heavy atom. The first-order valence-electron chi connectivity index (χ1n) is 5.88. The monoisotopic (exact) mass is 212 g/mol. The molecule has 4 heteroatoms. The van der Waals surface area contributed by atoms with Crippen LogP contribution in [0, 0.1) is 0 Å². The van der Waals surface area contributed by atoms with Crippen molar-refractivity contribution in [2.75, 3.05) is 13.2 Å². The van der Waals surface area contributed by atoms with Gasteiger partial charge in [-0.2, -0.15) is 0 Å². The third kappa shape index (κ3) is 2.49. The maximum absolute atomic E-state index is 12.0. The fraction of sp³-hybridized carbons (Fsp3) is 0.909. The first kappa shape index (κ1) is 10.9. The SMILES string of the molecule is NC1(C(=O)NC2CCCC2)CCOCC1. The molecule has 1 aliphatic heterocycles. The molecule has 2 aliphatic rings.